The Bertz CT molecular complexity index is 863. The normalized spacial score (nSPS) is 11.7. The fourth-order valence-corrected chi connectivity index (χ4v) is 3.28. The maximum atomic E-state index is 10.6. The summed E-state index contributed by atoms with van der Waals surface area (Å²) in [7, 11) is 4.79. The van der Waals surface area contributed by atoms with Crippen molar-refractivity contribution in [3.05, 3.63) is 77.9 Å². The highest BCUT2D eigenvalue weighted by Crippen LogP contribution is 2.38. The van der Waals surface area contributed by atoms with Crippen LogP contribution in [0.15, 0.2) is 66.7 Å². The number of rotatable bonds is 8. The first-order valence-electron chi connectivity index (χ1n) is 9.28. The summed E-state index contributed by atoms with van der Waals surface area (Å²) in [5, 5.41) is 10.6. The zero-order valence-electron chi connectivity index (χ0n) is 16.5. The van der Waals surface area contributed by atoms with E-state index in [1.54, 1.807) is 21.3 Å². The summed E-state index contributed by atoms with van der Waals surface area (Å²) in [4.78, 5) is 0. The molecule has 3 aromatic rings. The molecule has 1 unspecified atom stereocenters. The minimum absolute atomic E-state index is 0.538. The highest BCUT2D eigenvalue weighted by atomic mass is 16.5. The van der Waals surface area contributed by atoms with Gasteiger partial charge in [0, 0.05) is 0 Å². The van der Waals surface area contributed by atoms with E-state index in [-0.39, 0.29) is 0 Å². The monoisotopic (exact) mass is 378 g/mol. The van der Waals surface area contributed by atoms with E-state index in [0.29, 0.717) is 30.1 Å². The first kappa shape index (κ1) is 19.8. The predicted molar refractivity (Wildman–Crippen MR) is 111 cm³/mol. The number of aryl methyl sites for hydroxylation is 1. The van der Waals surface area contributed by atoms with Crippen LogP contribution in [0.4, 0.5) is 0 Å². The van der Waals surface area contributed by atoms with Gasteiger partial charge in [0.15, 0.2) is 11.5 Å². The van der Waals surface area contributed by atoms with Crippen molar-refractivity contribution in [2.45, 2.75) is 18.9 Å². The van der Waals surface area contributed by atoms with Gasteiger partial charge < -0.3 is 19.3 Å². The zero-order chi connectivity index (χ0) is 19.9. The van der Waals surface area contributed by atoms with Gasteiger partial charge in [-0.25, -0.2) is 0 Å². The second-order valence-corrected chi connectivity index (χ2v) is 6.58. The van der Waals surface area contributed by atoms with Crippen molar-refractivity contribution >= 4 is 0 Å². The molecule has 0 radical (unpaired) electrons. The zero-order valence-corrected chi connectivity index (χ0v) is 16.5. The van der Waals surface area contributed by atoms with Crippen LogP contribution >= 0.6 is 0 Å². The molecule has 0 aliphatic rings. The van der Waals surface area contributed by atoms with Crippen molar-refractivity contribution in [2.24, 2.45) is 0 Å². The Hall–Kier alpha value is -2.98. The fourth-order valence-electron chi connectivity index (χ4n) is 3.28. The molecule has 0 heterocycles. The van der Waals surface area contributed by atoms with E-state index < -0.39 is 6.10 Å². The molecule has 1 N–H and O–H groups in total. The number of ether oxygens (including phenoxy) is 3. The topological polar surface area (TPSA) is 47.9 Å². The molecule has 4 nitrogen and oxygen atoms in total. The van der Waals surface area contributed by atoms with Crippen LogP contribution in [0.5, 0.6) is 17.2 Å². The van der Waals surface area contributed by atoms with Crippen LogP contribution in [0.3, 0.4) is 0 Å². The van der Waals surface area contributed by atoms with Crippen LogP contribution in [0, 0.1) is 0 Å². The first-order valence-corrected chi connectivity index (χ1v) is 9.28. The van der Waals surface area contributed by atoms with Crippen molar-refractivity contribution in [3.63, 3.8) is 0 Å². The molecular formula is C24H26O4. The van der Waals surface area contributed by atoms with Gasteiger partial charge in [-0.15, -0.1) is 0 Å². The third-order valence-electron chi connectivity index (χ3n) is 4.83. The summed E-state index contributed by atoms with van der Waals surface area (Å²) in [6.45, 7) is 0. The molecule has 3 aromatic carbocycles. The molecule has 0 aliphatic heterocycles. The molecule has 0 saturated carbocycles. The molecule has 1 atom stereocenters. The summed E-state index contributed by atoms with van der Waals surface area (Å²) in [6.07, 6.45) is 0.755. The van der Waals surface area contributed by atoms with E-state index in [1.165, 1.54) is 5.56 Å². The first-order chi connectivity index (χ1) is 13.7. The van der Waals surface area contributed by atoms with E-state index in [4.69, 9.17) is 14.2 Å². The Morgan fingerprint density at radius 2 is 1.32 bits per heavy atom. The third-order valence-corrected chi connectivity index (χ3v) is 4.83. The highest BCUT2D eigenvalue weighted by Gasteiger charge is 2.14. The van der Waals surface area contributed by atoms with E-state index in [9.17, 15) is 5.11 Å². The lowest BCUT2D eigenvalue weighted by molar-refractivity contribution is 0.168. The second kappa shape index (κ2) is 9.29. The van der Waals surface area contributed by atoms with Gasteiger partial charge in [-0.05, 0) is 47.2 Å². The second-order valence-electron chi connectivity index (χ2n) is 6.58. The molecule has 28 heavy (non-hydrogen) atoms. The largest absolute Gasteiger partial charge is 0.493 e. The van der Waals surface area contributed by atoms with Crippen LogP contribution in [-0.4, -0.2) is 26.4 Å². The van der Waals surface area contributed by atoms with Crippen LogP contribution in [-0.2, 0) is 6.42 Å². The van der Waals surface area contributed by atoms with E-state index in [2.05, 4.69) is 12.1 Å². The smallest absolute Gasteiger partial charge is 0.203 e. The Morgan fingerprint density at radius 3 is 1.86 bits per heavy atom. The van der Waals surface area contributed by atoms with Crippen LogP contribution in [0.25, 0.3) is 11.1 Å². The van der Waals surface area contributed by atoms with Crippen molar-refractivity contribution in [1.29, 1.82) is 0 Å². The van der Waals surface area contributed by atoms with E-state index >= 15 is 0 Å². The maximum Gasteiger partial charge on any atom is 0.203 e. The number of methoxy groups -OCH3 is 3. The summed E-state index contributed by atoms with van der Waals surface area (Å²) in [5.41, 5.74) is 4.24. The predicted octanol–water partition coefficient (Wildman–Crippen LogP) is 5.05. The lowest BCUT2D eigenvalue weighted by Gasteiger charge is -2.15. The number of aliphatic hydroxyl groups is 1. The quantitative estimate of drug-likeness (QED) is 0.596. The van der Waals surface area contributed by atoms with E-state index in [0.717, 1.165) is 16.7 Å². The van der Waals surface area contributed by atoms with Gasteiger partial charge in [0.2, 0.25) is 5.75 Å². The third kappa shape index (κ3) is 4.46. The molecule has 0 amide bonds. The fraction of sp³-hybridized carbons (Fsp3) is 0.250. The number of hydrogen-bond acceptors (Lipinski definition) is 4. The molecule has 146 valence electrons. The van der Waals surface area contributed by atoms with Gasteiger partial charge in [0.05, 0.1) is 27.4 Å². The SMILES string of the molecule is COc1cc(CCC(O)c2ccc(-c3ccccc3)cc2)cc(OC)c1OC. The maximum absolute atomic E-state index is 10.6. The van der Waals surface area contributed by atoms with Crippen LogP contribution < -0.4 is 14.2 Å². The highest BCUT2D eigenvalue weighted by molar-refractivity contribution is 5.63. The molecule has 0 bridgehead atoms. The van der Waals surface area contributed by atoms with Crippen LogP contribution in [0.1, 0.15) is 23.7 Å². The van der Waals surface area contributed by atoms with Crippen LogP contribution in [0.2, 0.25) is 0 Å². The molecule has 0 spiro atoms. The minimum atomic E-state index is -0.538. The van der Waals surface area contributed by atoms with Gasteiger partial charge in [0.1, 0.15) is 0 Å². The van der Waals surface area contributed by atoms with E-state index in [1.807, 2.05) is 54.6 Å². The Balaban J connectivity index is 1.69. The molecule has 0 saturated heterocycles. The summed E-state index contributed by atoms with van der Waals surface area (Å²) < 4.78 is 16.2. The van der Waals surface area contributed by atoms with Crippen molar-refractivity contribution in [1.82, 2.24) is 0 Å². The summed E-state index contributed by atoms with van der Waals surface area (Å²) in [6, 6.07) is 22.1. The molecule has 0 fully saturated rings. The molecular weight excluding hydrogens is 352 g/mol. The van der Waals surface area contributed by atoms with Crippen molar-refractivity contribution in [2.75, 3.05) is 21.3 Å². The molecule has 0 aromatic heterocycles. The standard InChI is InChI=1S/C24H26O4/c1-26-22-15-17(16-23(27-2)24(22)28-3)9-14-21(25)20-12-10-19(11-13-20)18-7-5-4-6-8-18/h4-8,10-13,15-16,21,25H,9,14H2,1-3H3. The molecule has 4 heteroatoms. The lowest BCUT2D eigenvalue weighted by atomic mass is 9.98. The average Bonchev–Trinajstić information content (AvgIpc) is 2.77. The van der Waals surface area contributed by atoms with Crippen molar-refractivity contribution < 1.29 is 19.3 Å². The van der Waals surface area contributed by atoms with Gasteiger partial charge in [0.25, 0.3) is 0 Å². The summed E-state index contributed by atoms with van der Waals surface area (Å²) in [5.74, 6) is 1.82. The average molecular weight is 378 g/mol. The van der Waals surface area contributed by atoms with Gasteiger partial charge >= 0.3 is 0 Å². The lowest BCUT2D eigenvalue weighted by Crippen LogP contribution is -2.01. The van der Waals surface area contributed by atoms with Gasteiger partial charge in [-0.3, -0.25) is 0 Å². The van der Waals surface area contributed by atoms with Crippen molar-refractivity contribution in [3.8, 4) is 28.4 Å². The number of aliphatic hydroxyl groups excluding tert-OH is 1. The molecule has 3 rings (SSSR count). The minimum Gasteiger partial charge on any atom is -0.493 e. The molecule has 0 aliphatic carbocycles. The number of hydrogen-bond donors (Lipinski definition) is 1. The van der Waals surface area contributed by atoms with Gasteiger partial charge in [-0.1, -0.05) is 54.6 Å². The summed E-state index contributed by atoms with van der Waals surface area (Å²) >= 11 is 0. The Labute approximate surface area is 166 Å². The van der Waals surface area contributed by atoms with Gasteiger partial charge in [-0.2, -0.15) is 0 Å². The Morgan fingerprint density at radius 1 is 0.750 bits per heavy atom. The Kier molecular flexibility index (Phi) is 6.56. The number of benzene rings is 3.